The monoisotopic (exact) mass is 320 g/mol. The van der Waals surface area contributed by atoms with Crippen molar-refractivity contribution in [2.75, 3.05) is 23.8 Å². The van der Waals surface area contributed by atoms with E-state index in [0.29, 0.717) is 0 Å². The molecule has 0 saturated heterocycles. The third-order valence-corrected chi connectivity index (χ3v) is 3.85. The molecule has 5 heteroatoms. The Hall–Kier alpha value is -2.95. The van der Waals surface area contributed by atoms with Gasteiger partial charge in [-0.05, 0) is 38.1 Å². The Morgan fingerprint density at radius 3 is 2.50 bits per heavy atom. The molecule has 1 heterocycles. The Morgan fingerprint density at radius 2 is 1.75 bits per heavy atom. The number of nitrogens with zero attached hydrogens (tertiary/aromatic N) is 3. The van der Waals surface area contributed by atoms with E-state index in [0.717, 1.165) is 33.5 Å². The molecule has 1 N–H and O–H groups in total. The SMILES string of the molecule is Cc1ccc(NC(=O)CN(C)c2ncnc3ccc(C)cc23)cc1. The zero-order chi connectivity index (χ0) is 17.1. The van der Waals surface area contributed by atoms with E-state index < -0.39 is 0 Å². The first kappa shape index (κ1) is 15.9. The number of nitrogens with one attached hydrogen (secondary N) is 1. The van der Waals surface area contributed by atoms with E-state index in [1.807, 2.05) is 68.3 Å². The molecule has 122 valence electrons. The second-order valence-corrected chi connectivity index (χ2v) is 5.99. The van der Waals surface area contributed by atoms with Crippen LogP contribution in [0.2, 0.25) is 0 Å². The van der Waals surface area contributed by atoms with Gasteiger partial charge in [-0.1, -0.05) is 29.3 Å². The molecule has 0 aliphatic carbocycles. The van der Waals surface area contributed by atoms with Crippen LogP contribution in [0.4, 0.5) is 11.5 Å². The van der Waals surface area contributed by atoms with Crippen LogP contribution in [0.3, 0.4) is 0 Å². The van der Waals surface area contributed by atoms with Crippen LogP contribution in [-0.2, 0) is 4.79 Å². The Labute approximate surface area is 141 Å². The first-order valence-corrected chi connectivity index (χ1v) is 7.82. The molecule has 3 rings (SSSR count). The highest BCUT2D eigenvalue weighted by atomic mass is 16.2. The predicted octanol–water partition coefficient (Wildman–Crippen LogP) is 3.32. The fourth-order valence-electron chi connectivity index (χ4n) is 2.59. The van der Waals surface area contributed by atoms with Gasteiger partial charge in [-0.25, -0.2) is 9.97 Å². The van der Waals surface area contributed by atoms with Gasteiger partial charge in [-0.2, -0.15) is 0 Å². The lowest BCUT2D eigenvalue weighted by atomic mass is 10.1. The summed E-state index contributed by atoms with van der Waals surface area (Å²) in [6, 6.07) is 13.8. The predicted molar refractivity (Wildman–Crippen MR) is 97.4 cm³/mol. The summed E-state index contributed by atoms with van der Waals surface area (Å²) in [5.74, 6) is 0.670. The molecule has 0 aliphatic heterocycles. The highest BCUT2D eigenvalue weighted by Gasteiger charge is 2.12. The number of hydrogen-bond acceptors (Lipinski definition) is 4. The Kier molecular flexibility index (Phi) is 4.42. The van der Waals surface area contributed by atoms with Gasteiger partial charge in [0.15, 0.2) is 0 Å². The Bertz CT molecular complexity index is 874. The van der Waals surface area contributed by atoms with Crippen molar-refractivity contribution in [2.45, 2.75) is 13.8 Å². The van der Waals surface area contributed by atoms with Gasteiger partial charge in [0.1, 0.15) is 12.1 Å². The maximum absolute atomic E-state index is 12.3. The molecule has 24 heavy (non-hydrogen) atoms. The normalized spacial score (nSPS) is 10.6. The first-order valence-electron chi connectivity index (χ1n) is 7.82. The molecule has 0 bridgehead atoms. The van der Waals surface area contributed by atoms with Crippen LogP contribution < -0.4 is 10.2 Å². The van der Waals surface area contributed by atoms with E-state index in [2.05, 4.69) is 15.3 Å². The average molecular weight is 320 g/mol. The Morgan fingerprint density at radius 1 is 1.04 bits per heavy atom. The van der Waals surface area contributed by atoms with Crippen LogP contribution in [0, 0.1) is 13.8 Å². The lowest BCUT2D eigenvalue weighted by molar-refractivity contribution is -0.114. The zero-order valence-corrected chi connectivity index (χ0v) is 14.1. The number of fused-ring (bicyclic) bond motifs is 1. The summed E-state index contributed by atoms with van der Waals surface area (Å²) in [6.45, 7) is 4.26. The highest BCUT2D eigenvalue weighted by molar-refractivity contribution is 5.96. The van der Waals surface area contributed by atoms with Crippen LogP contribution >= 0.6 is 0 Å². The lowest BCUT2D eigenvalue weighted by Gasteiger charge is -2.19. The van der Waals surface area contributed by atoms with E-state index in [9.17, 15) is 4.79 Å². The molecule has 1 amide bonds. The van der Waals surface area contributed by atoms with Crippen LogP contribution in [-0.4, -0.2) is 29.5 Å². The zero-order valence-electron chi connectivity index (χ0n) is 14.1. The van der Waals surface area contributed by atoms with Gasteiger partial charge in [-0.15, -0.1) is 0 Å². The molecule has 0 radical (unpaired) electrons. The molecule has 0 saturated carbocycles. The number of aromatic nitrogens is 2. The number of likely N-dealkylation sites (N-methyl/N-ethyl adjacent to an activating group) is 1. The molecular weight excluding hydrogens is 300 g/mol. The van der Waals surface area contributed by atoms with Crippen molar-refractivity contribution in [3.05, 3.63) is 59.9 Å². The summed E-state index contributed by atoms with van der Waals surface area (Å²) in [4.78, 5) is 22.8. The summed E-state index contributed by atoms with van der Waals surface area (Å²) in [5, 5.41) is 3.85. The molecule has 0 atom stereocenters. The minimum Gasteiger partial charge on any atom is -0.350 e. The third kappa shape index (κ3) is 3.51. The molecule has 2 aromatic carbocycles. The van der Waals surface area contributed by atoms with Gasteiger partial charge in [0.05, 0.1) is 12.1 Å². The standard InChI is InChI=1S/C19H20N4O/c1-13-4-7-15(8-5-13)22-18(24)11-23(3)19-16-10-14(2)6-9-17(16)20-12-21-19/h4-10,12H,11H2,1-3H3,(H,22,24). The van der Waals surface area contributed by atoms with Gasteiger partial charge < -0.3 is 10.2 Å². The smallest absolute Gasteiger partial charge is 0.243 e. The maximum atomic E-state index is 12.3. The van der Waals surface area contributed by atoms with E-state index in [1.165, 1.54) is 6.33 Å². The molecule has 3 aromatic rings. The van der Waals surface area contributed by atoms with Crippen molar-refractivity contribution in [2.24, 2.45) is 0 Å². The largest absolute Gasteiger partial charge is 0.350 e. The molecule has 0 aliphatic rings. The molecule has 5 nitrogen and oxygen atoms in total. The number of rotatable bonds is 4. The number of anilines is 2. The summed E-state index contributed by atoms with van der Waals surface area (Å²) < 4.78 is 0. The van der Waals surface area contributed by atoms with Crippen molar-refractivity contribution in [3.63, 3.8) is 0 Å². The van der Waals surface area contributed by atoms with Crippen molar-refractivity contribution in [1.82, 2.24) is 9.97 Å². The van der Waals surface area contributed by atoms with Crippen LogP contribution in [0.1, 0.15) is 11.1 Å². The number of carbonyl (C=O) groups excluding carboxylic acids is 1. The topological polar surface area (TPSA) is 58.1 Å². The second-order valence-electron chi connectivity index (χ2n) is 5.99. The molecule has 0 unspecified atom stereocenters. The van der Waals surface area contributed by atoms with E-state index >= 15 is 0 Å². The van der Waals surface area contributed by atoms with Gasteiger partial charge in [0.2, 0.25) is 5.91 Å². The quantitative estimate of drug-likeness (QED) is 0.801. The summed E-state index contributed by atoms with van der Waals surface area (Å²) in [5.41, 5.74) is 3.96. The molecule has 1 aromatic heterocycles. The van der Waals surface area contributed by atoms with Gasteiger partial charge in [-0.3, -0.25) is 4.79 Å². The van der Waals surface area contributed by atoms with Gasteiger partial charge >= 0.3 is 0 Å². The summed E-state index contributed by atoms with van der Waals surface area (Å²) in [6.07, 6.45) is 1.53. The van der Waals surface area contributed by atoms with Crippen molar-refractivity contribution in [1.29, 1.82) is 0 Å². The first-order chi connectivity index (χ1) is 11.5. The van der Waals surface area contributed by atoms with Crippen molar-refractivity contribution >= 4 is 28.3 Å². The number of benzene rings is 2. The van der Waals surface area contributed by atoms with Gasteiger partial charge in [0.25, 0.3) is 0 Å². The number of carbonyl (C=O) groups is 1. The van der Waals surface area contributed by atoms with Crippen LogP contribution in [0.5, 0.6) is 0 Å². The molecule has 0 spiro atoms. The number of hydrogen-bond donors (Lipinski definition) is 1. The number of amides is 1. The molecular formula is C19H20N4O. The third-order valence-electron chi connectivity index (χ3n) is 3.85. The van der Waals surface area contributed by atoms with Gasteiger partial charge in [0, 0.05) is 18.1 Å². The summed E-state index contributed by atoms with van der Waals surface area (Å²) in [7, 11) is 1.86. The highest BCUT2D eigenvalue weighted by Crippen LogP contribution is 2.23. The number of aryl methyl sites for hydroxylation is 2. The minimum atomic E-state index is -0.0826. The van der Waals surface area contributed by atoms with E-state index in [4.69, 9.17) is 0 Å². The average Bonchev–Trinajstić information content (AvgIpc) is 2.56. The summed E-state index contributed by atoms with van der Waals surface area (Å²) >= 11 is 0. The fourth-order valence-corrected chi connectivity index (χ4v) is 2.59. The van der Waals surface area contributed by atoms with Crippen LogP contribution in [0.15, 0.2) is 48.8 Å². The van der Waals surface area contributed by atoms with Crippen LogP contribution in [0.25, 0.3) is 10.9 Å². The van der Waals surface area contributed by atoms with E-state index in [1.54, 1.807) is 0 Å². The lowest BCUT2D eigenvalue weighted by Crippen LogP contribution is -2.30. The Balaban J connectivity index is 1.77. The van der Waals surface area contributed by atoms with Crippen molar-refractivity contribution in [3.8, 4) is 0 Å². The maximum Gasteiger partial charge on any atom is 0.243 e. The minimum absolute atomic E-state index is 0.0826. The molecule has 0 fully saturated rings. The second kappa shape index (κ2) is 6.66. The van der Waals surface area contributed by atoms with Crippen molar-refractivity contribution < 1.29 is 4.79 Å². The van der Waals surface area contributed by atoms with E-state index in [-0.39, 0.29) is 12.5 Å². The fraction of sp³-hybridized carbons (Fsp3) is 0.211.